The number of ether oxygens (including phenoxy) is 3. The molecular weight excluding hydrogens is 392 g/mol. The van der Waals surface area contributed by atoms with E-state index in [4.69, 9.17) is 14.2 Å². The Morgan fingerprint density at radius 3 is 2.32 bits per heavy atom. The van der Waals surface area contributed by atoms with Crippen molar-refractivity contribution in [3.63, 3.8) is 0 Å². The van der Waals surface area contributed by atoms with Gasteiger partial charge in [0, 0.05) is 12.2 Å². The highest BCUT2D eigenvalue weighted by atomic mass is 16.5. The van der Waals surface area contributed by atoms with Gasteiger partial charge in [0.1, 0.15) is 5.75 Å². The maximum atomic E-state index is 12.2. The number of benzene rings is 3. The molecule has 0 aliphatic carbocycles. The van der Waals surface area contributed by atoms with Crippen molar-refractivity contribution in [1.82, 2.24) is 5.32 Å². The van der Waals surface area contributed by atoms with Crippen molar-refractivity contribution in [2.45, 2.75) is 13.0 Å². The monoisotopic (exact) mass is 420 g/mol. The maximum Gasteiger partial charge on any atom is 0.262 e. The quantitative estimate of drug-likeness (QED) is 0.458. The van der Waals surface area contributed by atoms with Crippen LogP contribution in [0, 0.1) is 0 Å². The van der Waals surface area contributed by atoms with Crippen LogP contribution in [0.3, 0.4) is 0 Å². The lowest BCUT2D eigenvalue weighted by molar-refractivity contribution is -0.118. The van der Waals surface area contributed by atoms with Crippen LogP contribution in [0.1, 0.15) is 11.1 Å². The topological polar surface area (TPSA) is 68.8 Å². The van der Waals surface area contributed by atoms with Crippen molar-refractivity contribution < 1.29 is 19.0 Å². The largest absolute Gasteiger partial charge is 0.497 e. The van der Waals surface area contributed by atoms with Crippen molar-refractivity contribution >= 4 is 11.6 Å². The summed E-state index contributed by atoms with van der Waals surface area (Å²) in [6.45, 7) is 1.49. The highest BCUT2D eigenvalue weighted by molar-refractivity contribution is 5.91. The van der Waals surface area contributed by atoms with E-state index >= 15 is 0 Å². The molecule has 0 aliphatic rings. The van der Waals surface area contributed by atoms with E-state index in [1.165, 1.54) is 5.56 Å². The molecule has 2 N–H and O–H groups in total. The third-order valence-corrected chi connectivity index (χ3v) is 4.72. The first kappa shape index (κ1) is 22.2. The second-order valence-corrected chi connectivity index (χ2v) is 6.96. The molecule has 0 unspecified atom stereocenters. The number of carbonyl (C=O) groups is 1. The normalized spacial score (nSPS) is 10.4. The Morgan fingerprint density at radius 1 is 0.839 bits per heavy atom. The summed E-state index contributed by atoms with van der Waals surface area (Å²) in [6, 6.07) is 23.2. The summed E-state index contributed by atoms with van der Waals surface area (Å²) < 4.78 is 16.2. The lowest BCUT2D eigenvalue weighted by atomic mass is 10.1. The van der Waals surface area contributed by atoms with E-state index in [2.05, 4.69) is 34.9 Å². The molecule has 0 aromatic heterocycles. The second-order valence-electron chi connectivity index (χ2n) is 6.96. The van der Waals surface area contributed by atoms with Gasteiger partial charge in [-0.15, -0.1) is 0 Å². The van der Waals surface area contributed by atoms with Crippen LogP contribution in [0.2, 0.25) is 0 Å². The second kappa shape index (κ2) is 11.6. The van der Waals surface area contributed by atoms with Crippen LogP contribution in [0.4, 0.5) is 5.69 Å². The van der Waals surface area contributed by atoms with Gasteiger partial charge < -0.3 is 24.8 Å². The number of amides is 1. The fourth-order valence-electron chi connectivity index (χ4n) is 3.07. The molecule has 3 rings (SSSR count). The summed E-state index contributed by atoms with van der Waals surface area (Å²) in [6.07, 6.45) is 0.975. The average Bonchev–Trinajstić information content (AvgIpc) is 2.82. The Morgan fingerprint density at radius 2 is 1.61 bits per heavy atom. The van der Waals surface area contributed by atoms with Gasteiger partial charge in [-0.1, -0.05) is 36.4 Å². The molecule has 0 radical (unpaired) electrons. The van der Waals surface area contributed by atoms with Gasteiger partial charge in [0.25, 0.3) is 5.91 Å². The number of nitrogens with one attached hydrogen (secondary N) is 2. The minimum Gasteiger partial charge on any atom is -0.497 e. The van der Waals surface area contributed by atoms with Crippen LogP contribution < -0.4 is 24.8 Å². The van der Waals surface area contributed by atoms with Crippen LogP contribution in [0.5, 0.6) is 17.2 Å². The molecule has 0 bridgehead atoms. The van der Waals surface area contributed by atoms with Gasteiger partial charge in [-0.2, -0.15) is 0 Å². The maximum absolute atomic E-state index is 12.2. The molecule has 0 saturated carbocycles. The predicted octanol–water partition coefficient (Wildman–Crippen LogP) is 4.05. The van der Waals surface area contributed by atoms with Crippen LogP contribution in [-0.4, -0.2) is 33.3 Å². The van der Waals surface area contributed by atoms with E-state index in [0.717, 1.165) is 30.8 Å². The summed E-state index contributed by atoms with van der Waals surface area (Å²) in [5, 5.41) is 6.23. The molecule has 0 atom stereocenters. The smallest absolute Gasteiger partial charge is 0.262 e. The Bertz CT molecular complexity index is 959. The molecule has 0 fully saturated rings. The summed E-state index contributed by atoms with van der Waals surface area (Å²) in [7, 11) is 3.19. The fourth-order valence-corrected chi connectivity index (χ4v) is 3.07. The summed E-state index contributed by atoms with van der Waals surface area (Å²) in [5.41, 5.74) is 3.07. The number of carbonyl (C=O) groups excluding carboxylic acids is 1. The summed E-state index contributed by atoms with van der Waals surface area (Å²) in [4.78, 5) is 12.2. The van der Waals surface area contributed by atoms with Crippen LogP contribution in [-0.2, 0) is 17.8 Å². The van der Waals surface area contributed by atoms with Crippen LogP contribution in [0.15, 0.2) is 72.8 Å². The van der Waals surface area contributed by atoms with Gasteiger partial charge in [0.15, 0.2) is 18.1 Å². The zero-order chi connectivity index (χ0) is 21.9. The van der Waals surface area contributed by atoms with Crippen molar-refractivity contribution in [2.24, 2.45) is 0 Å². The minimum atomic E-state index is -0.251. The van der Waals surface area contributed by atoms with Crippen molar-refractivity contribution in [3.8, 4) is 17.2 Å². The van der Waals surface area contributed by atoms with Crippen LogP contribution >= 0.6 is 0 Å². The lowest BCUT2D eigenvalue weighted by Gasteiger charge is -2.13. The van der Waals surface area contributed by atoms with E-state index in [9.17, 15) is 4.79 Å². The number of hydrogen-bond acceptors (Lipinski definition) is 5. The van der Waals surface area contributed by atoms with E-state index in [0.29, 0.717) is 17.2 Å². The summed E-state index contributed by atoms with van der Waals surface area (Å²) >= 11 is 0. The zero-order valence-corrected chi connectivity index (χ0v) is 17.9. The zero-order valence-electron chi connectivity index (χ0n) is 17.9. The molecule has 6 nitrogen and oxygen atoms in total. The third-order valence-electron chi connectivity index (χ3n) is 4.72. The van der Waals surface area contributed by atoms with Gasteiger partial charge >= 0.3 is 0 Å². The SMILES string of the molecule is COc1ccc(NC(=O)COc2ccc(CNCCc3ccccc3)cc2OC)cc1. The molecule has 31 heavy (non-hydrogen) atoms. The standard InChI is InChI=1S/C25H28N2O4/c1-29-22-11-9-21(10-12-22)27-25(28)18-31-23-13-8-20(16-24(23)30-2)17-26-15-14-19-6-4-3-5-7-19/h3-13,16,26H,14-15,17-18H2,1-2H3,(H,27,28). The van der Waals surface area contributed by atoms with Crippen molar-refractivity contribution in [2.75, 3.05) is 32.7 Å². The first-order chi connectivity index (χ1) is 15.2. The van der Waals surface area contributed by atoms with Gasteiger partial charge in [-0.05, 0) is 60.5 Å². The average molecular weight is 421 g/mol. The Labute approximate surface area is 183 Å². The summed E-state index contributed by atoms with van der Waals surface area (Å²) in [5.74, 6) is 1.60. The number of hydrogen-bond donors (Lipinski definition) is 2. The molecular formula is C25H28N2O4. The Hall–Kier alpha value is -3.51. The first-order valence-electron chi connectivity index (χ1n) is 10.2. The predicted molar refractivity (Wildman–Crippen MR) is 122 cm³/mol. The van der Waals surface area contributed by atoms with E-state index in [1.54, 1.807) is 38.5 Å². The van der Waals surface area contributed by atoms with Gasteiger partial charge in [0.05, 0.1) is 14.2 Å². The highest BCUT2D eigenvalue weighted by Gasteiger charge is 2.09. The molecule has 3 aromatic carbocycles. The molecule has 6 heteroatoms. The number of methoxy groups -OCH3 is 2. The minimum absolute atomic E-state index is 0.114. The fraction of sp³-hybridized carbons (Fsp3) is 0.240. The van der Waals surface area contributed by atoms with Gasteiger partial charge in [0.2, 0.25) is 0 Å². The van der Waals surface area contributed by atoms with Gasteiger partial charge in [-0.25, -0.2) is 0 Å². The first-order valence-corrected chi connectivity index (χ1v) is 10.2. The van der Waals surface area contributed by atoms with E-state index in [1.807, 2.05) is 24.3 Å². The number of anilines is 1. The van der Waals surface area contributed by atoms with E-state index < -0.39 is 0 Å². The molecule has 162 valence electrons. The Balaban J connectivity index is 1.46. The molecule has 0 spiro atoms. The molecule has 3 aromatic rings. The van der Waals surface area contributed by atoms with Gasteiger partial charge in [-0.3, -0.25) is 4.79 Å². The molecule has 0 aliphatic heterocycles. The lowest BCUT2D eigenvalue weighted by Crippen LogP contribution is -2.20. The van der Waals surface area contributed by atoms with E-state index in [-0.39, 0.29) is 12.5 Å². The molecule has 1 amide bonds. The molecule has 0 heterocycles. The Kier molecular flexibility index (Phi) is 8.31. The molecule has 0 saturated heterocycles. The number of rotatable bonds is 11. The highest BCUT2D eigenvalue weighted by Crippen LogP contribution is 2.28. The van der Waals surface area contributed by atoms with Crippen molar-refractivity contribution in [1.29, 1.82) is 0 Å². The van der Waals surface area contributed by atoms with Crippen molar-refractivity contribution in [3.05, 3.63) is 83.9 Å². The van der Waals surface area contributed by atoms with Crippen LogP contribution in [0.25, 0.3) is 0 Å². The third kappa shape index (κ3) is 7.04.